The molecule has 0 spiro atoms. The molecule has 0 saturated carbocycles. The first kappa shape index (κ1) is 14.1. The first-order chi connectivity index (χ1) is 9.63. The molecule has 0 aliphatic rings. The molecule has 0 radical (unpaired) electrons. The Balaban J connectivity index is 2.36. The highest BCUT2D eigenvalue weighted by atomic mass is 15.0. The first-order valence-corrected chi connectivity index (χ1v) is 6.79. The van der Waals surface area contributed by atoms with Crippen LogP contribution in [-0.4, -0.2) is 12.5 Å². The van der Waals surface area contributed by atoms with E-state index >= 15 is 0 Å². The molecule has 0 amide bonds. The van der Waals surface area contributed by atoms with Crippen molar-refractivity contribution in [1.82, 2.24) is 0 Å². The minimum absolute atomic E-state index is 0.0958. The van der Waals surface area contributed by atoms with Gasteiger partial charge in [-0.1, -0.05) is 67.6 Å². The molecule has 0 aliphatic heterocycles. The molecule has 0 bridgehead atoms. The molecule has 0 atom stereocenters. The number of nitrogens with zero attached hydrogens (tertiary/aromatic N) is 1. The van der Waals surface area contributed by atoms with Crippen molar-refractivity contribution in [2.75, 3.05) is 6.54 Å². The number of guanidine groups is 1. The summed E-state index contributed by atoms with van der Waals surface area (Å²) in [6.07, 6.45) is 0.860. The van der Waals surface area contributed by atoms with Crippen molar-refractivity contribution in [3.05, 3.63) is 71.8 Å². The van der Waals surface area contributed by atoms with Crippen LogP contribution in [0, 0.1) is 0 Å². The van der Waals surface area contributed by atoms with Gasteiger partial charge < -0.3 is 11.5 Å². The number of nitrogens with two attached hydrogens (primary N) is 2. The summed E-state index contributed by atoms with van der Waals surface area (Å²) in [5.41, 5.74) is 13.3. The SMILES string of the molecule is CC(CCN=C(N)N)(c1ccccc1)c1ccccc1. The van der Waals surface area contributed by atoms with Gasteiger partial charge >= 0.3 is 0 Å². The summed E-state index contributed by atoms with van der Waals surface area (Å²) in [6, 6.07) is 21.0. The molecule has 20 heavy (non-hydrogen) atoms. The zero-order chi connectivity index (χ0) is 14.4. The Hall–Kier alpha value is -2.29. The van der Waals surface area contributed by atoms with Gasteiger partial charge in [0.25, 0.3) is 0 Å². The van der Waals surface area contributed by atoms with Gasteiger partial charge in [0.15, 0.2) is 5.96 Å². The van der Waals surface area contributed by atoms with Crippen molar-refractivity contribution in [3.63, 3.8) is 0 Å². The molecular weight excluding hydrogens is 246 g/mol. The van der Waals surface area contributed by atoms with E-state index < -0.39 is 0 Å². The summed E-state index contributed by atoms with van der Waals surface area (Å²) >= 11 is 0. The van der Waals surface area contributed by atoms with Crippen molar-refractivity contribution in [2.45, 2.75) is 18.8 Å². The Kier molecular flexibility index (Phi) is 4.41. The lowest BCUT2D eigenvalue weighted by Crippen LogP contribution is -2.27. The third-order valence-corrected chi connectivity index (χ3v) is 3.73. The van der Waals surface area contributed by atoms with E-state index in [4.69, 9.17) is 11.5 Å². The van der Waals surface area contributed by atoms with Gasteiger partial charge in [-0.15, -0.1) is 0 Å². The molecule has 0 heterocycles. The van der Waals surface area contributed by atoms with Crippen LogP contribution in [0.15, 0.2) is 65.7 Å². The number of hydrogen-bond acceptors (Lipinski definition) is 1. The number of aliphatic imine (C=N–C) groups is 1. The van der Waals surface area contributed by atoms with Crippen LogP contribution >= 0.6 is 0 Å². The molecule has 2 aromatic rings. The van der Waals surface area contributed by atoms with Gasteiger partial charge in [0.2, 0.25) is 0 Å². The second-order valence-corrected chi connectivity index (χ2v) is 5.12. The highest BCUT2D eigenvalue weighted by Crippen LogP contribution is 2.35. The number of benzene rings is 2. The van der Waals surface area contributed by atoms with E-state index in [1.807, 2.05) is 12.1 Å². The molecule has 4 N–H and O–H groups in total. The van der Waals surface area contributed by atoms with Crippen molar-refractivity contribution >= 4 is 5.96 Å². The van der Waals surface area contributed by atoms with Crippen LogP contribution in [0.3, 0.4) is 0 Å². The lowest BCUT2D eigenvalue weighted by molar-refractivity contribution is 0.528. The standard InChI is InChI=1S/C17H21N3/c1-17(12-13-20-16(18)19,14-8-4-2-5-9-14)15-10-6-3-7-11-15/h2-11H,12-13H2,1H3,(H4,18,19,20). The Morgan fingerprint density at radius 1 is 0.900 bits per heavy atom. The lowest BCUT2D eigenvalue weighted by atomic mass is 9.74. The molecule has 104 valence electrons. The predicted octanol–water partition coefficient (Wildman–Crippen LogP) is 2.66. The van der Waals surface area contributed by atoms with Crippen molar-refractivity contribution in [2.24, 2.45) is 16.5 Å². The molecule has 0 unspecified atom stereocenters. The minimum Gasteiger partial charge on any atom is -0.370 e. The third kappa shape index (κ3) is 3.18. The van der Waals surface area contributed by atoms with E-state index in [2.05, 4.69) is 60.4 Å². The van der Waals surface area contributed by atoms with Crippen LogP contribution in [-0.2, 0) is 5.41 Å². The average molecular weight is 267 g/mol. The second kappa shape index (κ2) is 6.24. The predicted molar refractivity (Wildman–Crippen MR) is 84.6 cm³/mol. The Morgan fingerprint density at radius 2 is 1.35 bits per heavy atom. The van der Waals surface area contributed by atoms with Crippen LogP contribution in [0.5, 0.6) is 0 Å². The molecule has 0 saturated heterocycles. The molecule has 0 aliphatic carbocycles. The van der Waals surface area contributed by atoms with Gasteiger partial charge in [0.1, 0.15) is 0 Å². The largest absolute Gasteiger partial charge is 0.370 e. The quantitative estimate of drug-likeness (QED) is 0.646. The fraction of sp³-hybridized carbons (Fsp3) is 0.235. The maximum Gasteiger partial charge on any atom is 0.185 e. The van der Waals surface area contributed by atoms with Gasteiger partial charge in [0, 0.05) is 12.0 Å². The Bertz CT molecular complexity index is 518. The minimum atomic E-state index is -0.0958. The second-order valence-electron chi connectivity index (χ2n) is 5.12. The molecule has 2 aromatic carbocycles. The van der Waals surface area contributed by atoms with Crippen LogP contribution in [0.2, 0.25) is 0 Å². The smallest absolute Gasteiger partial charge is 0.185 e. The van der Waals surface area contributed by atoms with Gasteiger partial charge in [0.05, 0.1) is 0 Å². The monoisotopic (exact) mass is 267 g/mol. The maximum atomic E-state index is 5.43. The Morgan fingerprint density at radius 3 is 1.75 bits per heavy atom. The summed E-state index contributed by atoms with van der Waals surface area (Å²) < 4.78 is 0. The molecular formula is C17H21N3. The fourth-order valence-corrected chi connectivity index (χ4v) is 2.48. The van der Waals surface area contributed by atoms with Crippen LogP contribution < -0.4 is 11.5 Å². The van der Waals surface area contributed by atoms with E-state index in [-0.39, 0.29) is 11.4 Å². The normalized spacial score (nSPS) is 11.1. The molecule has 0 aromatic heterocycles. The Labute approximate surface area is 120 Å². The number of hydrogen-bond donors (Lipinski definition) is 2. The van der Waals surface area contributed by atoms with Gasteiger partial charge in [-0.2, -0.15) is 0 Å². The molecule has 0 fully saturated rings. The van der Waals surface area contributed by atoms with Crippen molar-refractivity contribution < 1.29 is 0 Å². The summed E-state index contributed by atoms with van der Waals surface area (Å²) in [6.45, 7) is 2.85. The molecule has 2 rings (SSSR count). The number of rotatable bonds is 5. The van der Waals surface area contributed by atoms with Crippen molar-refractivity contribution in [1.29, 1.82) is 0 Å². The van der Waals surface area contributed by atoms with Gasteiger partial charge in [-0.25, -0.2) is 0 Å². The fourth-order valence-electron chi connectivity index (χ4n) is 2.48. The lowest BCUT2D eigenvalue weighted by Gasteiger charge is -2.30. The third-order valence-electron chi connectivity index (χ3n) is 3.73. The van der Waals surface area contributed by atoms with E-state index in [1.54, 1.807) is 0 Å². The summed E-state index contributed by atoms with van der Waals surface area (Å²) in [4.78, 5) is 4.13. The van der Waals surface area contributed by atoms with Crippen molar-refractivity contribution in [3.8, 4) is 0 Å². The summed E-state index contributed by atoms with van der Waals surface area (Å²) in [5.74, 6) is 0.147. The zero-order valence-corrected chi connectivity index (χ0v) is 11.8. The highest BCUT2D eigenvalue weighted by molar-refractivity contribution is 5.75. The maximum absolute atomic E-state index is 5.43. The van der Waals surface area contributed by atoms with E-state index in [1.165, 1.54) is 11.1 Å². The topological polar surface area (TPSA) is 64.4 Å². The molecule has 3 heteroatoms. The van der Waals surface area contributed by atoms with Crippen LogP contribution in [0.4, 0.5) is 0 Å². The van der Waals surface area contributed by atoms with E-state index in [9.17, 15) is 0 Å². The zero-order valence-electron chi connectivity index (χ0n) is 11.8. The van der Waals surface area contributed by atoms with E-state index in [0.29, 0.717) is 6.54 Å². The first-order valence-electron chi connectivity index (χ1n) is 6.79. The van der Waals surface area contributed by atoms with E-state index in [0.717, 1.165) is 6.42 Å². The average Bonchev–Trinajstić information content (AvgIpc) is 2.48. The van der Waals surface area contributed by atoms with Gasteiger partial charge in [-0.3, -0.25) is 4.99 Å². The summed E-state index contributed by atoms with van der Waals surface area (Å²) in [5, 5.41) is 0. The highest BCUT2D eigenvalue weighted by Gasteiger charge is 2.28. The van der Waals surface area contributed by atoms with Gasteiger partial charge in [-0.05, 0) is 17.5 Å². The van der Waals surface area contributed by atoms with Crippen LogP contribution in [0.25, 0.3) is 0 Å². The summed E-state index contributed by atoms with van der Waals surface area (Å²) in [7, 11) is 0. The molecule has 3 nitrogen and oxygen atoms in total. The van der Waals surface area contributed by atoms with Crippen LogP contribution in [0.1, 0.15) is 24.5 Å².